The Hall–Kier alpha value is -2.56. The number of fused-ring (bicyclic) bond motifs is 1. The first-order valence-electron chi connectivity index (χ1n) is 10.9. The highest BCUT2D eigenvalue weighted by molar-refractivity contribution is 7.89. The fourth-order valence-electron chi connectivity index (χ4n) is 3.93. The lowest BCUT2D eigenvalue weighted by atomic mass is 10.0. The van der Waals surface area contributed by atoms with E-state index >= 15 is 0 Å². The number of anilines is 2. The zero-order valence-electron chi connectivity index (χ0n) is 18.5. The first kappa shape index (κ1) is 23.2. The van der Waals surface area contributed by atoms with Crippen LogP contribution in [0.2, 0.25) is 5.02 Å². The minimum atomic E-state index is -3.66. The molecule has 0 radical (unpaired) electrons. The predicted molar refractivity (Wildman–Crippen MR) is 137 cm³/mol. The molecule has 0 amide bonds. The van der Waals surface area contributed by atoms with Crippen LogP contribution >= 0.6 is 22.9 Å². The first-order valence-corrected chi connectivity index (χ1v) is 13.6. The standard InChI is InChI=1S/C24H23ClN4O3S2/c1-2-16-3-5-17(6-4-16)19-14-33-24-22(19)23(26-15-27-24)28-21-13-18(7-8-20(21)25)34(30,31)29-9-11-32-12-10-29/h3-8,13-15H,2,9-12H2,1H3,(H,26,27,28). The van der Waals surface area contributed by atoms with Crippen molar-refractivity contribution in [3.63, 3.8) is 0 Å². The number of halogens is 1. The fraction of sp³-hybridized carbons (Fsp3) is 0.250. The Morgan fingerprint density at radius 2 is 1.88 bits per heavy atom. The molecule has 0 saturated carbocycles. The van der Waals surface area contributed by atoms with E-state index in [0.717, 1.165) is 27.8 Å². The molecule has 1 fully saturated rings. The van der Waals surface area contributed by atoms with Gasteiger partial charge in [0.1, 0.15) is 17.0 Å². The number of sulfonamides is 1. The van der Waals surface area contributed by atoms with Gasteiger partial charge >= 0.3 is 0 Å². The van der Waals surface area contributed by atoms with E-state index in [1.807, 2.05) is 0 Å². The van der Waals surface area contributed by atoms with Crippen LogP contribution in [0.25, 0.3) is 21.3 Å². The SMILES string of the molecule is CCc1ccc(-c2csc3ncnc(Nc4cc(S(=O)(=O)N5CCOCC5)ccc4Cl)c23)cc1. The van der Waals surface area contributed by atoms with Crippen molar-refractivity contribution in [1.29, 1.82) is 0 Å². The molecular weight excluding hydrogens is 492 g/mol. The topological polar surface area (TPSA) is 84.4 Å². The number of rotatable bonds is 6. The number of thiophene rings is 1. The molecular formula is C24H23ClN4O3S2. The number of hydrogen-bond donors (Lipinski definition) is 1. The van der Waals surface area contributed by atoms with Gasteiger partial charge < -0.3 is 10.1 Å². The van der Waals surface area contributed by atoms with E-state index in [1.165, 1.54) is 33.6 Å². The molecule has 1 aliphatic heterocycles. The summed E-state index contributed by atoms with van der Waals surface area (Å²) in [6.45, 7) is 3.56. The summed E-state index contributed by atoms with van der Waals surface area (Å²) in [5, 5.41) is 6.60. The van der Waals surface area contributed by atoms with Crippen LogP contribution in [0.4, 0.5) is 11.5 Å². The van der Waals surface area contributed by atoms with E-state index in [9.17, 15) is 8.42 Å². The summed E-state index contributed by atoms with van der Waals surface area (Å²) in [4.78, 5) is 9.90. The van der Waals surface area contributed by atoms with Gasteiger partial charge in [0, 0.05) is 24.0 Å². The maximum Gasteiger partial charge on any atom is 0.243 e. The molecule has 3 heterocycles. The van der Waals surface area contributed by atoms with Crippen molar-refractivity contribution in [2.75, 3.05) is 31.6 Å². The average Bonchev–Trinajstić information content (AvgIpc) is 3.31. The van der Waals surface area contributed by atoms with E-state index in [2.05, 4.69) is 51.9 Å². The predicted octanol–water partition coefficient (Wildman–Crippen LogP) is 5.34. The van der Waals surface area contributed by atoms with Crippen molar-refractivity contribution in [2.24, 2.45) is 0 Å². The van der Waals surface area contributed by atoms with Crippen LogP contribution in [0.1, 0.15) is 12.5 Å². The zero-order valence-corrected chi connectivity index (χ0v) is 20.9. The van der Waals surface area contributed by atoms with Gasteiger partial charge in [0.25, 0.3) is 0 Å². The number of benzene rings is 2. The van der Waals surface area contributed by atoms with Crippen LogP contribution in [-0.2, 0) is 21.2 Å². The maximum absolute atomic E-state index is 13.1. The third kappa shape index (κ3) is 4.42. The van der Waals surface area contributed by atoms with Crippen LogP contribution in [0.5, 0.6) is 0 Å². The Kier molecular flexibility index (Phi) is 6.54. The van der Waals surface area contributed by atoms with Crippen LogP contribution in [-0.4, -0.2) is 49.0 Å². The van der Waals surface area contributed by atoms with Crippen molar-refractivity contribution in [1.82, 2.24) is 14.3 Å². The van der Waals surface area contributed by atoms with E-state index in [0.29, 0.717) is 42.8 Å². The Labute approximate surface area is 207 Å². The van der Waals surface area contributed by atoms with Crippen molar-refractivity contribution in [3.8, 4) is 11.1 Å². The highest BCUT2D eigenvalue weighted by Gasteiger charge is 2.27. The summed E-state index contributed by atoms with van der Waals surface area (Å²) in [6.07, 6.45) is 2.47. The smallest absolute Gasteiger partial charge is 0.243 e. The molecule has 1 N–H and O–H groups in total. The quantitative estimate of drug-likeness (QED) is 0.374. The molecule has 2 aromatic heterocycles. The molecule has 0 spiro atoms. The van der Waals surface area contributed by atoms with Crippen molar-refractivity contribution < 1.29 is 13.2 Å². The van der Waals surface area contributed by atoms with E-state index in [1.54, 1.807) is 12.1 Å². The second kappa shape index (κ2) is 9.59. The minimum Gasteiger partial charge on any atom is -0.379 e. The molecule has 0 atom stereocenters. The van der Waals surface area contributed by atoms with Gasteiger partial charge in [-0.25, -0.2) is 18.4 Å². The summed E-state index contributed by atoms with van der Waals surface area (Å²) in [5.74, 6) is 0.573. The van der Waals surface area contributed by atoms with Crippen LogP contribution in [0, 0.1) is 0 Å². The van der Waals surface area contributed by atoms with Gasteiger partial charge in [-0.1, -0.05) is 42.8 Å². The zero-order chi connectivity index (χ0) is 23.7. The summed E-state index contributed by atoms with van der Waals surface area (Å²) in [6, 6.07) is 13.1. The highest BCUT2D eigenvalue weighted by Crippen LogP contribution is 2.39. The molecule has 5 rings (SSSR count). The average molecular weight is 515 g/mol. The van der Waals surface area contributed by atoms with Gasteiger partial charge in [-0.15, -0.1) is 11.3 Å². The summed E-state index contributed by atoms with van der Waals surface area (Å²) < 4.78 is 33.0. The number of nitrogens with zero attached hydrogens (tertiary/aromatic N) is 3. The molecule has 0 unspecified atom stereocenters. The molecule has 1 aliphatic rings. The van der Waals surface area contributed by atoms with Gasteiger partial charge in [-0.2, -0.15) is 4.31 Å². The lowest BCUT2D eigenvalue weighted by Gasteiger charge is -2.26. The normalized spacial score (nSPS) is 15.0. The van der Waals surface area contributed by atoms with Gasteiger partial charge in [-0.05, 0) is 35.7 Å². The van der Waals surface area contributed by atoms with Crippen molar-refractivity contribution in [3.05, 3.63) is 64.8 Å². The third-order valence-corrected chi connectivity index (χ3v) is 8.95. The molecule has 10 heteroatoms. The number of ether oxygens (including phenoxy) is 1. The molecule has 4 aromatic rings. The Balaban J connectivity index is 1.53. The summed E-state index contributed by atoms with van der Waals surface area (Å²) >= 11 is 8.00. The molecule has 1 saturated heterocycles. The molecule has 2 aromatic carbocycles. The molecule has 0 bridgehead atoms. The second-order valence-corrected chi connectivity index (χ2v) is 11.1. The van der Waals surface area contributed by atoms with Gasteiger partial charge in [0.2, 0.25) is 10.0 Å². The molecule has 176 valence electrons. The molecule has 34 heavy (non-hydrogen) atoms. The van der Waals surface area contributed by atoms with E-state index < -0.39 is 10.0 Å². The monoisotopic (exact) mass is 514 g/mol. The third-order valence-electron chi connectivity index (χ3n) is 5.84. The van der Waals surface area contributed by atoms with Gasteiger partial charge in [-0.3, -0.25) is 0 Å². The lowest BCUT2D eigenvalue weighted by molar-refractivity contribution is 0.0730. The van der Waals surface area contributed by atoms with Crippen molar-refractivity contribution in [2.45, 2.75) is 18.2 Å². The largest absolute Gasteiger partial charge is 0.379 e. The highest BCUT2D eigenvalue weighted by atomic mass is 35.5. The summed E-state index contributed by atoms with van der Waals surface area (Å²) in [7, 11) is -3.66. The first-order chi connectivity index (χ1) is 16.5. The molecule has 7 nitrogen and oxygen atoms in total. The Morgan fingerprint density at radius 3 is 2.62 bits per heavy atom. The van der Waals surface area contributed by atoms with Gasteiger partial charge in [0.15, 0.2) is 0 Å². The fourth-order valence-corrected chi connectivity index (χ4v) is 6.44. The minimum absolute atomic E-state index is 0.173. The number of hydrogen-bond acceptors (Lipinski definition) is 7. The number of aryl methyl sites for hydroxylation is 1. The number of morpholine rings is 1. The van der Waals surface area contributed by atoms with Gasteiger partial charge in [0.05, 0.1) is 34.2 Å². The van der Waals surface area contributed by atoms with E-state index in [4.69, 9.17) is 16.3 Å². The summed E-state index contributed by atoms with van der Waals surface area (Å²) in [5.41, 5.74) is 3.81. The van der Waals surface area contributed by atoms with Crippen molar-refractivity contribution >= 4 is 54.7 Å². The molecule has 0 aliphatic carbocycles. The van der Waals surface area contributed by atoms with Crippen LogP contribution in [0.15, 0.2) is 59.1 Å². The van der Waals surface area contributed by atoms with Crippen LogP contribution in [0.3, 0.4) is 0 Å². The lowest BCUT2D eigenvalue weighted by Crippen LogP contribution is -2.40. The van der Waals surface area contributed by atoms with E-state index in [-0.39, 0.29) is 4.90 Å². The second-order valence-electron chi connectivity index (χ2n) is 7.89. The van der Waals surface area contributed by atoms with Crippen LogP contribution < -0.4 is 5.32 Å². The Bertz CT molecular complexity index is 1430. The Morgan fingerprint density at radius 1 is 1.12 bits per heavy atom. The maximum atomic E-state index is 13.1. The number of aromatic nitrogens is 2. The number of nitrogens with one attached hydrogen (secondary N) is 1.